The van der Waals surface area contributed by atoms with Crippen LogP contribution in [0.1, 0.15) is 17.5 Å². The van der Waals surface area contributed by atoms with Crippen molar-refractivity contribution in [2.24, 2.45) is 0 Å². The smallest absolute Gasteiger partial charge is 0.414 e. The molecule has 7 nitrogen and oxygen atoms in total. The average Bonchev–Trinajstić information content (AvgIpc) is 2.54. The third-order valence-electron chi connectivity index (χ3n) is 3.68. The molecule has 0 bridgehead atoms. The largest absolute Gasteiger partial charge is 0.493 e. The summed E-state index contributed by atoms with van der Waals surface area (Å²) >= 11 is 6.02. The van der Waals surface area contributed by atoms with Crippen LogP contribution in [0, 0.1) is 13.8 Å². The second-order valence-corrected chi connectivity index (χ2v) is 6.21. The third-order valence-corrected chi connectivity index (χ3v) is 3.90. The molecule has 1 aliphatic heterocycles. The summed E-state index contributed by atoms with van der Waals surface area (Å²) in [6.07, 6.45) is 1.07. The normalized spacial score (nSPS) is 14.4. The number of nitrogens with zero attached hydrogens (tertiary/aromatic N) is 1. The molecule has 0 aromatic heterocycles. The summed E-state index contributed by atoms with van der Waals surface area (Å²) in [5.74, 6) is -2.66. The zero-order valence-corrected chi connectivity index (χ0v) is 15.3. The first-order valence-electron chi connectivity index (χ1n) is 8.10. The summed E-state index contributed by atoms with van der Waals surface area (Å²) in [5.41, 5.74) is 2.24. The number of hydrogen-bond acceptors (Lipinski definition) is 5. The van der Waals surface area contributed by atoms with E-state index >= 15 is 0 Å². The predicted octanol–water partition coefficient (Wildman–Crippen LogP) is 1.79. The van der Waals surface area contributed by atoms with Crippen molar-refractivity contribution in [2.45, 2.75) is 20.3 Å². The van der Waals surface area contributed by atoms with Crippen LogP contribution < -0.4 is 10.1 Å². The Morgan fingerprint density at radius 3 is 2.16 bits per heavy atom. The Labute approximate surface area is 152 Å². The van der Waals surface area contributed by atoms with Gasteiger partial charge in [-0.3, -0.25) is 0 Å². The van der Waals surface area contributed by atoms with Gasteiger partial charge in [0.2, 0.25) is 0 Å². The molecule has 0 saturated carbocycles. The van der Waals surface area contributed by atoms with E-state index in [4.69, 9.17) is 36.1 Å². The maximum Gasteiger partial charge on any atom is 0.414 e. The van der Waals surface area contributed by atoms with Crippen molar-refractivity contribution >= 4 is 23.5 Å². The van der Waals surface area contributed by atoms with Gasteiger partial charge in [0, 0.05) is 37.7 Å². The molecule has 0 radical (unpaired) electrons. The Morgan fingerprint density at radius 2 is 1.68 bits per heavy atom. The van der Waals surface area contributed by atoms with Crippen LogP contribution in [0.15, 0.2) is 12.1 Å². The lowest BCUT2D eigenvalue weighted by atomic mass is 10.1. The Morgan fingerprint density at radius 1 is 1.16 bits per heavy atom. The lowest BCUT2D eigenvalue weighted by molar-refractivity contribution is -0.159. The van der Waals surface area contributed by atoms with Crippen LogP contribution in [-0.4, -0.2) is 66.4 Å². The molecule has 1 aliphatic rings. The Hall–Kier alpha value is -1.83. The molecular weight excluding hydrogens is 348 g/mol. The zero-order chi connectivity index (χ0) is 18.8. The molecule has 25 heavy (non-hydrogen) atoms. The van der Waals surface area contributed by atoms with E-state index in [1.807, 2.05) is 26.0 Å². The van der Waals surface area contributed by atoms with Gasteiger partial charge in [-0.2, -0.15) is 0 Å². The number of carbonyl (C=O) groups is 2. The van der Waals surface area contributed by atoms with E-state index in [-0.39, 0.29) is 0 Å². The number of halogens is 1. The van der Waals surface area contributed by atoms with Gasteiger partial charge in [-0.15, -0.1) is 0 Å². The molecule has 1 heterocycles. The van der Waals surface area contributed by atoms with Crippen LogP contribution in [0.3, 0.4) is 0 Å². The highest BCUT2D eigenvalue weighted by atomic mass is 35.5. The Bertz CT molecular complexity index is 553. The highest BCUT2D eigenvalue weighted by Gasteiger charge is 2.09. The summed E-state index contributed by atoms with van der Waals surface area (Å²) in [6.45, 7) is 10.5. The Kier molecular flexibility index (Phi) is 9.26. The Balaban J connectivity index is 0.000000450. The van der Waals surface area contributed by atoms with Gasteiger partial charge in [0.1, 0.15) is 5.75 Å². The van der Waals surface area contributed by atoms with Crippen molar-refractivity contribution < 1.29 is 24.5 Å². The summed E-state index contributed by atoms with van der Waals surface area (Å²) in [4.78, 5) is 20.7. The van der Waals surface area contributed by atoms with Crippen LogP contribution >= 0.6 is 11.6 Å². The molecule has 8 heteroatoms. The van der Waals surface area contributed by atoms with Crippen molar-refractivity contribution in [3.05, 3.63) is 28.3 Å². The number of piperazine rings is 1. The van der Waals surface area contributed by atoms with Crippen molar-refractivity contribution in [3.8, 4) is 5.75 Å². The average molecular weight is 373 g/mol. The number of benzene rings is 1. The predicted molar refractivity (Wildman–Crippen MR) is 95.6 cm³/mol. The molecule has 1 saturated heterocycles. The second-order valence-electron chi connectivity index (χ2n) is 5.77. The monoisotopic (exact) mass is 372 g/mol. The minimum Gasteiger partial charge on any atom is -0.493 e. The van der Waals surface area contributed by atoms with E-state index in [9.17, 15) is 0 Å². The van der Waals surface area contributed by atoms with E-state index < -0.39 is 11.9 Å². The molecule has 3 N–H and O–H groups in total. The van der Waals surface area contributed by atoms with Gasteiger partial charge in [-0.05, 0) is 43.5 Å². The summed E-state index contributed by atoms with van der Waals surface area (Å²) in [6, 6.07) is 3.92. The number of carboxylic acid groups (broad SMARTS) is 2. The van der Waals surface area contributed by atoms with Gasteiger partial charge >= 0.3 is 11.9 Å². The molecular formula is C17H25ClN2O5. The first-order chi connectivity index (χ1) is 11.8. The minimum atomic E-state index is -1.82. The summed E-state index contributed by atoms with van der Waals surface area (Å²) < 4.78 is 5.91. The standard InChI is InChI=1S/C15H23ClN2O.C2H2O4/c1-12-10-14(16)11-13(2)15(12)19-9-3-6-18-7-4-17-5-8-18;3-1(4)2(5)6/h10-11,17H,3-9H2,1-2H3;(H,3,4)(H,5,6). The number of carboxylic acids is 2. The first kappa shape index (κ1) is 21.2. The van der Waals surface area contributed by atoms with E-state index in [0.29, 0.717) is 0 Å². The topological polar surface area (TPSA) is 99.1 Å². The molecule has 0 aliphatic carbocycles. The molecule has 0 spiro atoms. The van der Waals surface area contributed by atoms with Crippen LogP contribution in [0.5, 0.6) is 5.75 Å². The van der Waals surface area contributed by atoms with E-state index in [1.165, 1.54) is 0 Å². The number of aliphatic carboxylic acids is 2. The molecule has 140 valence electrons. The van der Waals surface area contributed by atoms with Crippen molar-refractivity contribution in [1.29, 1.82) is 0 Å². The van der Waals surface area contributed by atoms with Gasteiger partial charge in [0.05, 0.1) is 6.61 Å². The quantitative estimate of drug-likeness (QED) is 0.535. The molecule has 1 aromatic carbocycles. The SMILES string of the molecule is Cc1cc(Cl)cc(C)c1OCCCN1CCNCC1.O=C(O)C(=O)O. The van der Waals surface area contributed by atoms with Gasteiger partial charge < -0.3 is 25.2 Å². The molecule has 0 atom stereocenters. The highest BCUT2D eigenvalue weighted by molar-refractivity contribution is 6.30. The molecule has 1 fully saturated rings. The summed E-state index contributed by atoms with van der Waals surface area (Å²) in [7, 11) is 0. The van der Waals surface area contributed by atoms with Gasteiger partial charge in [-0.1, -0.05) is 11.6 Å². The number of rotatable bonds is 5. The molecule has 0 unspecified atom stereocenters. The van der Waals surface area contributed by atoms with E-state index in [0.717, 1.165) is 67.7 Å². The summed E-state index contributed by atoms with van der Waals surface area (Å²) in [5, 5.41) is 18.9. The van der Waals surface area contributed by atoms with Gasteiger partial charge in [-0.25, -0.2) is 9.59 Å². The van der Waals surface area contributed by atoms with Gasteiger partial charge in [0.25, 0.3) is 0 Å². The number of nitrogens with one attached hydrogen (secondary N) is 1. The lowest BCUT2D eigenvalue weighted by Gasteiger charge is -2.27. The van der Waals surface area contributed by atoms with Crippen LogP contribution in [-0.2, 0) is 9.59 Å². The maximum absolute atomic E-state index is 9.10. The fourth-order valence-electron chi connectivity index (χ4n) is 2.52. The zero-order valence-electron chi connectivity index (χ0n) is 14.5. The fraction of sp³-hybridized carbons (Fsp3) is 0.529. The number of hydrogen-bond donors (Lipinski definition) is 3. The van der Waals surface area contributed by atoms with Crippen LogP contribution in [0.4, 0.5) is 0 Å². The van der Waals surface area contributed by atoms with Crippen LogP contribution in [0.25, 0.3) is 0 Å². The van der Waals surface area contributed by atoms with E-state index in [1.54, 1.807) is 0 Å². The fourth-order valence-corrected chi connectivity index (χ4v) is 2.85. The molecule has 0 amide bonds. The first-order valence-corrected chi connectivity index (χ1v) is 8.48. The van der Waals surface area contributed by atoms with Crippen molar-refractivity contribution in [2.75, 3.05) is 39.3 Å². The van der Waals surface area contributed by atoms with E-state index in [2.05, 4.69) is 10.2 Å². The van der Waals surface area contributed by atoms with Gasteiger partial charge in [0.15, 0.2) is 0 Å². The highest BCUT2D eigenvalue weighted by Crippen LogP contribution is 2.27. The number of ether oxygens (including phenoxy) is 1. The van der Waals surface area contributed by atoms with Crippen molar-refractivity contribution in [3.63, 3.8) is 0 Å². The molecule has 2 rings (SSSR count). The maximum atomic E-state index is 9.10. The van der Waals surface area contributed by atoms with Crippen molar-refractivity contribution in [1.82, 2.24) is 10.2 Å². The second kappa shape index (κ2) is 10.9. The third kappa shape index (κ3) is 8.20. The lowest BCUT2D eigenvalue weighted by Crippen LogP contribution is -2.43. The minimum absolute atomic E-state index is 0.771. The van der Waals surface area contributed by atoms with Crippen LogP contribution in [0.2, 0.25) is 5.02 Å². The number of aryl methyl sites for hydroxylation is 2. The molecule has 1 aromatic rings.